The fourth-order valence-corrected chi connectivity index (χ4v) is 4.60. The largest absolute Gasteiger partial charge is 0.313 e. The molecule has 0 unspecified atom stereocenters. The van der Waals surface area contributed by atoms with Crippen LogP contribution in [0.2, 0.25) is 0 Å². The molecule has 0 spiro atoms. The number of amides is 1. The Bertz CT molecular complexity index is 1290. The summed E-state index contributed by atoms with van der Waals surface area (Å²) in [6, 6.07) is 19.1. The highest BCUT2D eigenvalue weighted by molar-refractivity contribution is 5.90. The highest BCUT2D eigenvalue weighted by Gasteiger charge is 2.24. The second kappa shape index (κ2) is 7.67. The lowest BCUT2D eigenvalue weighted by atomic mass is 10.0. The number of hydrogen-bond donors (Lipinski definition) is 1. The number of hydrogen-bond acceptors (Lipinski definition) is 3. The van der Waals surface area contributed by atoms with Crippen LogP contribution in [0.3, 0.4) is 0 Å². The Balaban J connectivity index is 1.70. The lowest BCUT2D eigenvalue weighted by Crippen LogP contribution is -2.27. The Morgan fingerprint density at radius 2 is 1.94 bits per heavy atom. The van der Waals surface area contributed by atoms with Crippen molar-refractivity contribution in [2.75, 3.05) is 18.9 Å². The molecular weight excluding hydrogens is 384 g/mol. The Labute approximate surface area is 182 Å². The second-order valence-electron chi connectivity index (χ2n) is 8.40. The molecule has 31 heavy (non-hydrogen) atoms. The summed E-state index contributed by atoms with van der Waals surface area (Å²) in [5, 5.41) is 4.08. The molecule has 0 aliphatic carbocycles. The number of rotatable bonds is 3. The molecule has 1 aliphatic heterocycles. The molecule has 156 valence electrons. The molecule has 5 nitrogen and oxygen atoms in total. The molecule has 0 radical (unpaired) electrons. The number of nitrogens with one attached hydrogen (secondary N) is 1. The Hall–Kier alpha value is -3.44. The van der Waals surface area contributed by atoms with Crippen molar-refractivity contribution in [3.8, 4) is 16.8 Å². The highest BCUT2D eigenvalue weighted by atomic mass is 16.1. The van der Waals surface area contributed by atoms with E-state index in [1.807, 2.05) is 18.3 Å². The van der Waals surface area contributed by atoms with Crippen molar-refractivity contribution in [1.82, 2.24) is 14.5 Å². The molecule has 4 aromatic rings. The molecule has 1 N–H and O–H groups in total. The van der Waals surface area contributed by atoms with E-state index in [0.717, 1.165) is 36.3 Å². The maximum Gasteiger partial charge on any atom is 0.222 e. The van der Waals surface area contributed by atoms with Gasteiger partial charge in [-0.2, -0.15) is 0 Å². The van der Waals surface area contributed by atoms with Gasteiger partial charge in [-0.1, -0.05) is 29.8 Å². The van der Waals surface area contributed by atoms with Crippen molar-refractivity contribution >= 4 is 22.6 Å². The van der Waals surface area contributed by atoms with Crippen LogP contribution in [0.15, 0.2) is 60.8 Å². The molecule has 0 saturated carbocycles. The number of aromatic nitrogens is 2. The van der Waals surface area contributed by atoms with E-state index in [2.05, 4.69) is 76.2 Å². The van der Waals surface area contributed by atoms with E-state index in [9.17, 15) is 4.79 Å². The molecule has 0 bridgehead atoms. The quantitative estimate of drug-likeness (QED) is 0.520. The molecule has 3 heterocycles. The third-order valence-electron chi connectivity index (χ3n) is 6.02. The van der Waals surface area contributed by atoms with Crippen LogP contribution < -0.4 is 5.32 Å². The van der Waals surface area contributed by atoms with Crippen LogP contribution >= 0.6 is 0 Å². The number of carbonyl (C=O) groups excluding carboxylic acids is 1. The molecule has 2 aromatic carbocycles. The second-order valence-corrected chi connectivity index (χ2v) is 8.40. The van der Waals surface area contributed by atoms with E-state index in [-0.39, 0.29) is 5.91 Å². The van der Waals surface area contributed by atoms with Gasteiger partial charge in [-0.25, -0.2) is 4.98 Å². The van der Waals surface area contributed by atoms with Crippen LogP contribution in [0.4, 0.5) is 5.82 Å². The number of para-hydroxylation sites is 1. The maximum atomic E-state index is 11.3. The van der Waals surface area contributed by atoms with Gasteiger partial charge in [-0.15, -0.1) is 0 Å². The first-order chi connectivity index (χ1) is 15.0. The van der Waals surface area contributed by atoms with Crippen molar-refractivity contribution in [2.45, 2.75) is 26.8 Å². The normalized spacial score (nSPS) is 13.9. The maximum absolute atomic E-state index is 11.3. The molecule has 0 atom stereocenters. The van der Waals surface area contributed by atoms with Gasteiger partial charge in [0.2, 0.25) is 5.91 Å². The third kappa shape index (κ3) is 3.51. The van der Waals surface area contributed by atoms with Crippen molar-refractivity contribution in [3.05, 3.63) is 77.6 Å². The summed E-state index contributed by atoms with van der Waals surface area (Å²) in [5.74, 6) is 0.447. The number of fused-ring (bicyclic) bond motifs is 3. The predicted molar refractivity (Wildman–Crippen MR) is 126 cm³/mol. The van der Waals surface area contributed by atoms with E-state index in [1.165, 1.54) is 34.6 Å². The first-order valence-electron chi connectivity index (χ1n) is 10.7. The van der Waals surface area contributed by atoms with Crippen LogP contribution in [0.1, 0.15) is 23.7 Å². The van der Waals surface area contributed by atoms with Gasteiger partial charge in [0.25, 0.3) is 0 Å². The lowest BCUT2D eigenvalue weighted by Gasteiger charge is -2.25. The van der Waals surface area contributed by atoms with E-state index in [0.29, 0.717) is 5.82 Å². The van der Waals surface area contributed by atoms with Crippen LogP contribution in [0.5, 0.6) is 0 Å². The topological polar surface area (TPSA) is 50.2 Å². The summed E-state index contributed by atoms with van der Waals surface area (Å²) in [6.07, 6.45) is 2.85. The first-order valence-corrected chi connectivity index (χ1v) is 10.7. The zero-order chi connectivity index (χ0) is 21.5. The summed E-state index contributed by atoms with van der Waals surface area (Å²) in [4.78, 5) is 18.2. The fourth-order valence-electron chi connectivity index (χ4n) is 4.60. The Morgan fingerprint density at radius 1 is 1.10 bits per heavy atom. The van der Waals surface area contributed by atoms with Gasteiger partial charge >= 0.3 is 0 Å². The van der Waals surface area contributed by atoms with Crippen molar-refractivity contribution < 1.29 is 4.79 Å². The average molecular weight is 411 g/mol. The minimum absolute atomic E-state index is 0.119. The molecule has 5 heteroatoms. The number of benzene rings is 2. The number of aryl methyl sites for hydroxylation is 1. The SMILES string of the molecule is CC(=O)Nc1ccc(-c2ccccc2-n2c3c(c4cc(C)ccc42)CN(C)CC3)cn1. The lowest BCUT2D eigenvalue weighted by molar-refractivity contribution is -0.114. The molecule has 0 fully saturated rings. The van der Waals surface area contributed by atoms with Gasteiger partial charge in [0.05, 0.1) is 11.2 Å². The van der Waals surface area contributed by atoms with Crippen LogP contribution in [-0.4, -0.2) is 34.0 Å². The summed E-state index contributed by atoms with van der Waals surface area (Å²) in [7, 11) is 2.19. The van der Waals surface area contributed by atoms with Crippen molar-refractivity contribution in [2.24, 2.45) is 0 Å². The van der Waals surface area contributed by atoms with Gasteiger partial charge < -0.3 is 14.8 Å². The van der Waals surface area contributed by atoms with E-state index >= 15 is 0 Å². The van der Waals surface area contributed by atoms with Gasteiger partial charge in [-0.3, -0.25) is 4.79 Å². The highest BCUT2D eigenvalue weighted by Crippen LogP contribution is 2.37. The van der Waals surface area contributed by atoms with Crippen molar-refractivity contribution in [1.29, 1.82) is 0 Å². The molecule has 1 aliphatic rings. The molecular formula is C26H26N4O. The molecule has 1 amide bonds. The number of nitrogens with zero attached hydrogens (tertiary/aromatic N) is 3. The van der Waals surface area contributed by atoms with Gasteiger partial charge in [0.1, 0.15) is 5.82 Å². The monoisotopic (exact) mass is 410 g/mol. The van der Waals surface area contributed by atoms with Crippen molar-refractivity contribution in [3.63, 3.8) is 0 Å². The zero-order valence-electron chi connectivity index (χ0n) is 18.1. The van der Waals surface area contributed by atoms with Gasteiger partial charge in [0.15, 0.2) is 0 Å². The van der Waals surface area contributed by atoms with Crippen LogP contribution in [0.25, 0.3) is 27.7 Å². The Morgan fingerprint density at radius 3 is 2.71 bits per heavy atom. The number of carbonyl (C=O) groups is 1. The van der Waals surface area contributed by atoms with Gasteiger partial charge in [-0.05, 0) is 49.9 Å². The summed E-state index contributed by atoms with van der Waals surface area (Å²) in [5.41, 5.74) is 8.68. The molecule has 0 saturated heterocycles. The number of likely N-dealkylation sites (N-methyl/N-ethyl adjacent to an activating group) is 1. The minimum Gasteiger partial charge on any atom is -0.313 e. The number of pyridine rings is 1. The third-order valence-corrected chi connectivity index (χ3v) is 6.02. The van der Waals surface area contributed by atoms with E-state index < -0.39 is 0 Å². The number of anilines is 1. The summed E-state index contributed by atoms with van der Waals surface area (Å²) in [6.45, 7) is 5.67. The molecule has 5 rings (SSSR count). The van der Waals surface area contributed by atoms with Crippen LogP contribution in [0, 0.1) is 6.92 Å². The smallest absolute Gasteiger partial charge is 0.222 e. The first kappa shape index (κ1) is 19.5. The average Bonchev–Trinajstić information content (AvgIpc) is 3.06. The van der Waals surface area contributed by atoms with E-state index in [4.69, 9.17) is 0 Å². The Kier molecular flexibility index (Phi) is 4.83. The minimum atomic E-state index is -0.119. The van der Waals surface area contributed by atoms with E-state index in [1.54, 1.807) is 0 Å². The molecule has 2 aromatic heterocycles. The van der Waals surface area contributed by atoms with Gasteiger partial charge in [0, 0.05) is 54.8 Å². The fraction of sp³-hybridized carbons (Fsp3) is 0.231. The predicted octanol–water partition coefficient (Wildman–Crippen LogP) is 4.95. The summed E-state index contributed by atoms with van der Waals surface area (Å²) >= 11 is 0. The van der Waals surface area contributed by atoms with Crippen LogP contribution in [-0.2, 0) is 17.8 Å². The summed E-state index contributed by atoms with van der Waals surface area (Å²) < 4.78 is 2.44. The standard InChI is InChI=1S/C26H26N4O/c1-17-8-10-24-21(14-17)22-16-29(3)13-12-25(22)30(24)23-7-5-4-6-20(23)19-9-11-26(27-15-19)28-18(2)31/h4-11,14-15H,12-13,16H2,1-3H3,(H,27,28,31). The zero-order valence-corrected chi connectivity index (χ0v) is 18.1.